The molecular weight excluding hydrogens is 334 g/mol. The summed E-state index contributed by atoms with van der Waals surface area (Å²) in [5, 5.41) is 13.1. The Labute approximate surface area is 140 Å². The van der Waals surface area contributed by atoms with Crippen LogP contribution in [0.3, 0.4) is 0 Å². The molecule has 0 amide bonds. The normalized spacial score (nSPS) is 10.8. The first kappa shape index (κ1) is 16.2. The summed E-state index contributed by atoms with van der Waals surface area (Å²) in [6.07, 6.45) is 1.94. The molecule has 0 saturated carbocycles. The van der Waals surface area contributed by atoms with Crippen LogP contribution < -0.4 is 0 Å². The predicted octanol–water partition coefficient (Wildman–Crippen LogP) is 4.24. The number of halogens is 2. The number of aromatic nitrogens is 2. The number of carboxylic acids is 1. The molecule has 0 saturated heterocycles. The lowest BCUT2D eigenvalue weighted by molar-refractivity contribution is 0.0690. The van der Waals surface area contributed by atoms with Gasteiger partial charge in [-0.3, -0.25) is 0 Å². The van der Waals surface area contributed by atoms with Gasteiger partial charge in [-0.15, -0.1) is 11.8 Å². The third-order valence-corrected chi connectivity index (χ3v) is 4.20. The van der Waals surface area contributed by atoms with Crippen molar-refractivity contribution in [1.29, 1.82) is 0 Å². The Morgan fingerprint density at radius 1 is 1.12 bits per heavy atom. The van der Waals surface area contributed by atoms with Gasteiger partial charge in [-0.25, -0.2) is 18.3 Å². The van der Waals surface area contributed by atoms with Crippen LogP contribution in [0.1, 0.15) is 10.5 Å². The van der Waals surface area contributed by atoms with Crippen molar-refractivity contribution in [2.24, 2.45) is 0 Å². The third-order valence-electron chi connectivity index (χ3n) is 3.45. The van der Waals surface area contributed by atoms with Crippen molar-refractivity contribution in [2.75, 3.05) is 6.26 Å². The molecule has 0 radical (unpaired) electrons. The van der Waals surface area contributed by atoms with Crippen LogP contribution in [0.15, 0.2) is 53.4 Å². The summed E-state index contributed by atoms with van der Waals surface area (Å²) in [4.78, 5) is 12.3. The highest BCUT2D eigenvalue weighted by Crippen LogP contribution is 2.27. The Balaban J connectivity index is 2.18. The van der Waals surface area contributed by atoms with E-state index in [2.05, 4.69) is 5.10 Å². The van der Waals surface area contributed by atoms with Crippen LogP contribution in [0.4, 0.5) is 8.78 Å². The van der Waals surface area contributed by atoms with Gasteiger partial charge in [-0.1, -0.05) is 12.1 Å². The number of aromatic carboxylic acids is 1. The van der Waals surface area contributed by atoms with Gasteiger partial charge < -0.3 is 5.11 Å². The molecule has 1 heterocycles. The summed E-state index contributed by atoms with van der Waals surface area (Å²) < 4.78 is 28.4. The molecular formula is C17H12F2N2O2S. The van der Waals surface area contributed by atoms with Crippen molar-refractivity contribution in [3.63, 3.8) is 0 Å². The molecule has 1 aromatic heterocycles. The smallest absolute Gasteiger partial charge is 0.356 e. The summed E-state index contributed by atoms with van der Waals surface area (Å²) in [6.45, 7) is 0. The standard InChI is InChI=1S/C17H12F2N2O2S/c1-24-12-5-2-10(3-6-12)16-9-14(17(22)23)20-21(16)15-7-4-11(18)8-13(15)19/h2-9H,1H3,(H,22,23). The molecule has 24 heavy (non-hydrogen) atoms. The van der Waals surface area contributed by atoms with Crippen LogP contribution in [0.5, 0.6) is 0 Å². The maximum Gasteiger partial charge on any atom is 0.356 e. The minimum Gasteiger partial charge on any atom is -0.476 e. The van der Waals surface area contributed by atoms with E-state index in [0.29, 0.717) is 11.3 Å². The summed E-state index contributed by atoms with van der Waals surface area (Å²) in [6, 6.07) is 11.8. The van der Waals surface area contributed by atoms with Crippen molar-refractivity contribution in [3.05, 3.63) is 65.9 Å². The minimum absolute atomic E-state index is 0.0205. The SMILES string of the molecule is CSc1ccc(-c2cc(C(=O)O)nn2-c2ccc(F)cc2F)cc1. The molecule has 1 N–H and O–H groups in total. The Morgan fingerprint density at radius 2 is 1.83 bits per heavy atom. The average molecular weight is 346 g/mol. The predicted molar refractivity (Wildman–Crippen MR) is 87.7 cm³/mol. The fourth-order valence-electron chi connectivity index (χ4n) is 2.29. The van der Waals surface area contributed by atoms with Gasteiger partial charge in [0.25, 0.3) is 0 Å². The second-order valence-electron chi connectivity index (χ2n) is 4.96. The van der Waals surface area contributed by atoms with E-state index in [1.807, 2.05) is 18.4 Å². The lowest BCUT2D eigenvalue weighted by Crippen LogP contribution is -2.04. The van der Waals surface area contributed by atoms with E-state index < -0.39 is 17.6 Å². The molecule has 3 aromatic rings. The largest absolute Gasteiger partial charge is 0.476 e. The zero-order valence-electron chi connectivity index (χ0n) is 12.5. The van der Waals surface area contributed by atoms with Gasteiger partial charge in [-0.05, 0) is 36.6 Å². The molecule has 0 aliphatic carbocycles. The van der Waals surface area contributed by atoms with Gasteiger partial charge in [0, 0.05) is 16.5 Å². The molecule has 0 bridgehead atoms. The number of thioether (sulfide) groups is 1. The van der Waals surface area contributed by atoms with Gasteiger partial charge >= 0.3 is 5.97 Å². The first-order valence-corrected chi connectivity index (χ1v) is 8.15. The fraction of sp³-hybridized carbons (Fsp3) is 0.0588. The zero-order chi connectivity index (χ0) is 17.3. The maximum atomic E-state index is 14.1. The molecule has 7 heteroatoms. The summed E-state index contributed by atoms with van der Waals surface area (Å²) in [7, 11) is 0. The maximum absolute atomic E-state index is 14.1. The highest BCUT2D eigenvalue weighted by molar-refractivity contribution is 7.98. The van der Waals surface area contributed by atoms with Gasteiger partial charge in [-0.2, -0.15) is 5.10 Å². The van der Waals surface area contributed by atoms with E-state index in [0.717, 1.165) is 17.0 Å². The lowest BCUT2D eigenvalue weighted by Gasteiger charge is -2.09. The van der Waals surface area contributed by atoms with E-state index in [4.69, 9.17) is 0 Å². The number of benzene rings is 2. The second-order valence-corrected chi connectivity index (χ2v) is 5.84. The van der Waals surface area contributed by atoms with Crippen molar-refractivity contribution < 1.29 is 18.7 Å². The Bertz CT molecular complexity index is 907. The number of carboxylic acid groups (broad SMARTS) is 1. The molecule has 0 aliphatic heterocycles. The van der Waals surface area contributed by atoms with Gasteiger partial charge in [0.2, 0.25) is 0 Å². The molecule has 0 unspecified atom stereocenters. The van der Waals surface area contributed by atoms with E-state index in [9.17, 15) is 18.7 Å². The second kappa shape index (κ2) is 6.45. The molecule has 3 rings (SSSR count). The minimum atomic E-state index is -1.22. The van der Waals surface area contributed by atoms with Gasteiger partial charge in [0.1, 0.15) is 11.5 Å². The number of carbonyl (C=O) groups is 1. The Morgan fingerprint density at radius 3 is 2.42 bits per heavy atom. The van der Waals surface area contributed by atoms with Crippen molar-refractivity contribution in [1.82, 2.24) is 9.78 Å². The summed E-state index contributed by atoms with van der Waals surface area (Å²) in [5.41, 5.74) is 0.845. The summed E-state index contributed by atoms with van der Waals surface area (Å²) in [5.74, 6) is -2.76. The summed E-state index contributed by atoms with van der Waals surface area (Å²) >= 11 is 1.57. The van der Waals surface area contributed by atoms with Crippen LogP contribution in [-0.2, 0) is 0 Å². The van der Waals surface area contributed by atoms with Gasteiger partial charge in [0.15, 0.2) is 11.5 Å². The van der Waals surface area contributed by atoms with E-state index in [-0.39, 0.29) is 11.4 Å². The number of hydrogen-bond donors (Lipinski definition) is 1. The monoisotopic (exact) mass is 346 g/mol. The first-order chi connectivity index (χ1) is 11.5. The van der Waals surface area contributed by atoms with E-state index in [1.165, 1.54) is 16.8 Å². The Hall–Kier alpha value is -2.67. The number of hydrogen-bond acceptors (Lipinski definition) is 3. The highest BCUT2D eigenvalue weighted by atomic mass is 32.2. The average Bonchev–Trinajstić information content (AvgIpc) is 3.00. The molecule has 2 aromatic carbocycles. The van der Waals surface area contributed by atoms with E-state index >= 15 is 0 Å². The molecule has 4 nitrogen and oxygen atoms in total. The van der Waals surface area contributed by atoms with Crippen LogP contribution in [0.2, 0.25) is 0 Å². The molecule has 0 atom stereocenters. The lowest BCUT2D eigenvalue weighted by atomic mass is 10.1. The van der Waals surface area contributed by atoms with Crippen LogP contribution in [0, 0.1) is 11.6 Å². The zero-order valence-corrected chi connectivity index (χ0v) is 13.3. The van der Waals surface area contributed by atoms with E-state index in [1.54, 1.807) is 23.9 Å². The third kappa shape index (κ3) is 3.03. The van der Waals surface area contributed by atoms with Crippen molar-refractivity contribution in [3.8, 4) is 16.9 Å². The molecule has 0 aliphatic rings. The molecule has 0 fully saturated rings. The fourth-order valence-corrected chi connectivity index (χ4v) is 2.70. The first-order valence-electron chi connectivity index (χ1n) is 6.93. The number of nitrogens with zero attached hydrogens (tertiary/aromatic N) is 2. The quantitative estimate of drug-likeness (QED) is 0.718. The molecule has 0 spiro atoms. The Kier molecular flexibility index (Phi) is 4.35. The van der Waals surface area contributed by atoms with Gasteiger partial charge in [0.05, 0.1) is 5.69 Å². The van der Waals surface area contributed by atoms with Crippen molar-refractivity contribution >= 4 is 17.7 Å². The van der Waals surface area contributed by atoms with Crippen LogP contribution in [0.25, 0.3) is 16.9 Å². The van der Waals surface area contributed by atoms with Crippen LogP contribution in [-0.4, -0.2) is 27.1 Å². The van der Waals surface area contributed by atoms with Crippen LogP contribution >= 0.6 is 11.8 Å². The van der Waals surface area contributed by atoms with Crippen molar-refractivity contribution in [2.45, 2.75) is 4.90 Å². The topological polar surface area (TPSA) is 55.1 Å². The number of rotatable bonds is 4. The molecule has 122 valence electrons. The highest BCUT2D eigenvalue weighted by Gasteiger charge is 2.18.